The van der Waals surface area contributed by atoms with Crippen molar-refractivity contribution in [3.8, 4) is 0 Å². The number of pyridine rings is 1. The van der Waals surface area contributed by atoms with E-state index in [1.54, 1.807) is 31.2 Å². The van der Waals surface area contributed by atoms with Gasteiger partial charge in [0.15, 0.2) is 0 Å². The maximum absolute atomic E-state index is 15.5. The molecule has 0 spiro atoms. The molecule has 1 atom stereocenters. The third-order valence-electron chi connectivity index (χ3n) is 4.30. The molecule has 0 amide bonds. The van der Waals surface area contributed by atoms with Crippen molar-refractivity contribution in [3.63, 3.8) is 0 Å². The molecule has 7 heteroatoms. The molecule has 140 valence electrons. The second-order valence-electron chi connectivity index (χ2n) is 6.21. The molecule has 1 aromatic carbocycles. The average Bonchev–Trinajstić information content (AvgIpc) is 2.66. The average molecular weight is 372 g/mol. The van der Waals surface area contributed by atoms with Crippen molar-refractivity contribution in [2.24, 2.45) is 0 Å². The fourth-order valence-electron chi connectivity index (χ4n) is 2.90. The third kappa shape index (κ3) is 3.73. The van der Waals surface area contributed by atoms with Crippen molar-refractivity contribution in [2.75, 3.05) is 12.4 Å². The molecule has 2 aromatic rings. The van der Waals surface area contributed by atoms with Crippen LogP contribution in [0.25, 0.3) is 5.57 Å². The molecular formula is C20H18F2N2O3. The molecule has 27 heavy (non-hydrogen) atoms. The van der Waals surface area contributed by atoms with Gasteiger partial charge in [-0.15, -0.1) is 0 Å². The topological polar surface area (TPSA) is 71.5 Å². The normalized spacial score (nSPS) is 19.6. The van der Waals surface area contributed by atoms with Gasteiger partial charge in [0.25, 0.3) is 5.85 Å². The summed E-state index contributed by atoms with van der Waals surface area (Å²) in [5.41, 5.74) is 1.01. The van der Waals surface area contributed by atoms with Gasteiger partial charge in [-0.25, -0.2) is 18.6 Å². The van der Waals surface area contributed by atoms with Gasteiger partial charge in [-0.3, -0.25) is 0 Å². The SMILES string of the molecule is COC1(F)CC(c2ccccc2)=CC(F)=C1Nc1ncc(C)cc1C(=O)O. The summed E-state index contributed by atoms with van der Waals surface area (Å²) in [5.74, 6) is -4.79. The predicted molar refractivity (Wildman–Crippen MR) is 97.6 cm³/mol. The zero-order valence-corrected chi connectivity index (χ0v) is 14.8. The molecule has 3 rings (SSSR count). The number of benzene rings is 1. The van der Waals surface area contributed by atoms with E-state index in [1.807, 2.05) is 6.07 Å². The van der Waals surface area contributed by atoms with Crippen LogP contribution in [0.1, 0.15) is 27.9 Å². The highest BCUT2D eigenvalue weighted by Gasteiger charge is 2.42. The van der Waals surface area contributed by atoms with Crippen LogP contribution in [-0.4, -0.2) is 29.0 Å². The van der Waals surface area contributed by atoms with Crippen molar-refractivity contribution in [3.05, 3.63) is 76.9 Å². The lowest BCUT2D eigenvalue weighted by Gasteiger charge is -2.31. The number of nitrogens with one attached hydrogen (secondary N) is 1. The van der Waals surface area contributed by atoms with Gasteiger partial charge < -0.3 is 15.2 Å². The number of aromatic nitrogens is 1. The number of hydrogen-bond donors (Lipinski definition) is 2. The molecule has 1 unspecified atom stereocenters. The second kappa shape index (κ2) is 7.28. The smallest absolute Gasteiger partial charge is 0.339 e. The predicted octanol–water partition coefficient (Wildman–Crippen LogP) is 4.48. The van der Waals surface area contributed by atoms with Crippen LogP contribution in [-0.2, 0) is 4.74 Å². The van der Waals surface area contributed by atoms with Gasteiger partial charge in [0.2, 0.25) is 0 Å². The van der Waals surface area contributed by atoms with Gasteiger partial charge in [-0.05, 0) is 35.8 Å². The Kier molecular flexibility index (Phi) is 5.05. The molecular weight excluding hydrogens is 354 g/mol. The van der Waals surface area contributed by atoms with Gasteiger partial charge in [-0.2, -0.15) is 0 Å². The number of ether oxygens (including phenoxy) is 1. The molecule has 1 heterocycles. The minimum absolute atomic E-state index is 0.158. The standard InChI is InChI=1S/C20H18F2N2O3/c1-12-8-15(19(25)26)18(23-11-12)24-17-16(21)9-14(10-20(17,22)27-2)13-6-4-3-5-7-13/h3-9,11H,10H2,1-2H3,(H,23,24)(H,25,26). The lowest BCUT2D eigenvalue weighted by atomic mass is 9.91. The Morgan fingerprint density at radius 3 is 2.67 bits per heavy atom. The van der Waals surface area contributed by atoms with Crippen LogP contribution in [0, 0.1) is 6.92 Å². The van der Waals surface area contributed by atoms with Gasteiger partial charge in [0.1, 0.15) is 22.9 Å². The van der Waals surface area contributed by atoms with E-state index in [0.29, 0.717) is 16.7 Å². The van der Waals surface area contributed by atoms with E-state index in [-0.39, 0.29) is 17.8 Å². The Labute approximate surface area is 155 Å². The number of carbonyl (C=O) groups is 1. The van der Waals surface area contributed by atoms with Crippen LogP contribution < -0.4 is 5.32 Å². The van der Waals surface area contributed by atoms with Crippen LogP contribution >= 0.6 is 0 Å². The number of carboxylic acid groups (broad SMARTS) is 1. The van der Waals surface area contributed by atoms with Gasteiger partial charge in [0, 0.05) is 19.7 Å². The summed E-state index contributed by atoms with van der Waals surface area (Å²) in [6.45, 7) is 1.67. The summed E-state index contributed by atoms with van der Waals surface area (Å²) in [5, 5.41) is 11.8. The minimum atomic E-state index is -2.49. The highest BCUT2D eigenvalue weighted by molar-refractivity contribution is 5.93. The van der Waals surface area contributed by atoms with E-state index in [1.165, 1.54) is 18.3 Å². The molecule has 1 aromatic heterocycles. The number of carboxylic acids is 1. The largest absolute Gasteiger partial charge is 0.478 e. The molecule has 1 aliphatic carbocycles. The number of allylic oxidation sites excluding steroid dienone is 2. The molecule has 0 radical (unpaired) electrons. The number of methoxy groups -OCH3 is 1. The number of halogens is 2. The summed E-state index contributed by atoms with van der Waals surface area (Å²) in [6, 6.07) is 10.2. The van der Waals surface area contributed by atoms with Crippen molar-refractivity contribution in [1.29, 1.82) is 0 Å². The number of nitrogens with zero attached hydrogens (tertiary/aromatic N) is 1. The monoisotopic (exact) mass is 372 g/mol. The number of rotatable bonds is 5. The molecule has 0 aliphatic heterocycles. The van der Waals surface area contributed by atoms with Crippen molar-refractivity contribution >= 4 is 17.4 Å². The number of hydrogen-bond acceptors (Lipinski definition) is 4. The summed E-state index contributed by atoms with van der Waals surface area (Å²) >= 11 is 0. The minimum Gasteiger partial charge on any atom is -0.478 e. The van der Waals surface area contributed by atoms with Crippen molar-refractivity contribution < 1.29 is 23.4 Å². The summed E-state index contributed by atoms with van der Waals surface area (Å²) < 4.78 is 35.2. The Bertz CT molecular complexity index is 941. The quantitative estimate of drug-likeness (QED) is 0.810. The first-order valence-electron chi connectivity index (χ1n) is 8.21. The van der Waals surface area contributed by atoms with Gasteiger partial charge >= 0.3 is 5.97 Å². The molecule has 0 saturated heterocycles. The van der Waals surface area contributed by atoms with Crippen LogP contribution in [0.15, 0.2) is 60.2 Å². The van der Waals surface area contributed by atoms with Crippen LogP contribution in [0.2, 0.25) is 0 Å². The highest BCUT2D eigenvalue weighted by atomic mass is 19.2. The summed E-state index contributed by atoms with van der Waals surface area (Å²) in [7, 11) is 1.13. The first-order chi connectivity index (χ1) is 12.8. The Hall–Kier alpha value is -3.06. The number of aromatic carboxylic acids is 1. The Morgan fingerprint density at radius 1 is 1.33 bits per heavy atom. The first-order valence-corrected chi connectivity index (χ1v) is 8.21. The van der Waals surface area contributed by atoms with E-state index < -0.39 is 23.3 Å². The molecule has 0 saturated carbocycles. The zero-order chi connectivity index (χ0) is 19.6. The van der Waals surface area contributed by atoms with Crippen molar-refractivity contribution in [2.45, 2.75) is 19.2 Å². The Morgan fingerprint density at radius 2 is 2.04 bits per heavy atom. The molecule has 0 fully saturated rings. The maximum Gasteiger partial charge on any atom is 0.339 e. The molecule has 2 N–H and O–H groups in total. The first kappa shape index (κ1) is 18.7. The Balaban J connectivity index is 2.05. The van der Waals surface area contributed by atoms with E-state index in [2.05, 4.69) is 10.3 Å². The number of alkyl halides is 1. The second-order valence-corrected chi connectivity index (χ2v) is 6.21. The van der Waals surface area contributed by atoms with E-state index in [4.69, 9.17) is 4.74 Å². The van der Waals surface area contributed by atoms with Crippen LogP contribution in [0.3, 0.4) is 0 Å². The lowest BCUT2D eigenvalue weighted by Crippen LogP contribution is -2.35. The van der Waals surface area contributed by atoms with E-state index in [9.17, 15) is 14.3 Å². The number of anilines is 1. The lowest BCUT2D eigenvalue weighted by molar-refractivity contribution is -0.0856. The fourth-order valence-corrected chi connectivity index (χ4v) is 2.90. The number of aryl methyl sites for hydroxylation is 1. The zero-order valence-electron chi connectivity index (χ0n) is 14.8. The van der Waals surface area contributed by atoms with Gasteiger partial charge in [0.05, 0.1) is 0 Å². The van der Waals surface area contributed by atoms with Gasteiger partial charge in [-0.1, -0.05) is 30.3 Å². The molecule has 1 aliphatic rings. The maximum atomic E-state index is 15.5. The summed E-state index contributed by atoms with van der Waals surface area (Å²) in [6.07, 6.45) is 2.38. The fraction of sp³-hybridized carbons (Fsp3) is 0.200. The summed E-state index contributed by atoms with van der Waals surface area (Å²) in [4.78, 5) is 15.4. The molecule has 5 nitrogen and oxygen atoms in total. The van der Waals surface area contributed by atoms with E-state index in [0.717, 1.165) is 7.11 Å². The third-order valence-corrected chi connectivity index (χ3v) is 4.30. The van der Waals surface area contributed by atoms with Crippen LogP contribution in [0.5, 0.6) is 0 Å². The van der Waals surface area contributed by atoms with Crippen molar-refractivity contribution in [1.82, 2.24) is 4.98 Å². The molecule has 0 bridgehead atoms. The van der Waals surface area contributed by atoms with Crippen LogP contribution in [0.4, 0.5) is 14.6 Å². The van der Waals surface area contributed by atoms with E-state index >= 15 is 4.39 Å². The highest BCUT2D eigenvalue weighted by Crippen LogP contribution is 2.41.